The highest BCUT2D eigenvalue weighted by atomic mass is 32.2. The number of benzene rings is 2. The highest BCUT2D eigenvalue weighted by Gasteiger charge is 2.35. The molecule has 0 spiro atoms. The van der Waals surface area contributed by atoms with Gasteiger partial charge in [-0.3, -0.25) is 4.79 Å². The van der Waals surface area contributed by atoms with E-state index in [0.29, 0.717) is 24.5 Å². The maximum atomic E-state index is 13.0. The van der Waals surface area contributed by atoms with Gasteiger partial charge in [0.05, 0.1) is 5.92 Å². The van der Waals surface area contributed by atoms with Crippen molar-refractivity contribution in [2.45, 2.75) is 37.0 Å². The van der Waals surface area contributed by atoms with E-state index in [1.165, 1.54) is 24.9 Å². The number of hydrogen-bond donors (Lipinski definition) is 1. The van der Waals surface area contributed by atoms with Crippen LogP contribution in [0, 0.1) is 5.92 Å². The second-order valence-corrected chi connectivity index (χ2v) is 10.3. The number of sulfonamides is 1. The minimum absolute atomic E-state index is 0.0323. The number of anilines is 2. The van der Waals surface area contributed by atoms with Gasteiger partial charge in [-0.15, -0.1) is 4.40 Å². The number of nitrogens with one attached hydrogen (secondary N) is 1. The van der Waals surface area contributed by atoms with Crippen LogP contribution < -0.4 is 10.2 Å². The number of fused-ring (bicyclic) bond motifs is 1. The lowest BCUT2D eigenvalue weighted by Crippen LogP contribution is -2.43. The second kappa shape index (κ2) is 8.58. The Morgan fingerprint density at radius 1 is 0.906 bits per heavy atom. The maximum Gasteiger partial charge on any atom is 0.285 e. The first-order chi connectivity index (χ1) is 15.5. The topological polar surface area (TPSA) is 82.1 Å². The zero-order chi connectivity index (χ0) is 22.1. The van der Waals surface area contributed by atoms with Crippen LogP contribution in [-0.2, 0) is 14.8 Å². The van der Waals surface area contributed by atoms with Crippen molar-refractivity contribution in [3.05, 3.63) is 54.1 Å². The number of amidine groups is 1. The van der Waals surface area contributed by atoms with Gasteiger partial charge in [0.1, 0.15) is 4.90 Å². The van der Waals surface area contributed by atoms with Gasteiger partial charge in [-0.25, -0.2) is 0 Å². The lowest BCUT2D eigenvalue weighted by atomic mass is 9.96. The Hall–Kier alpha value is -2.87. The molecular formula is C24H28N4O3S. The zero-order valence-corrected chi connectivity index (χ0v) is 18.9. The molecule has 1 N–H and O–H groups in total. The molecule has 1 unspecified atom stereocenters. The summed E-state index contributed by atoms with van der Waals surface area (Å²) in [4.78, 5) is 17.6. The summed E-state index contributed by atoms with van der Waals surface area (Å²) in [5.74, 6) is 0.211. The Morgan fingerprint density at radius 3 is 2.41 bits per heavy atom. The fourth-order valence-corrected chi connectivity index (χ4v) is 6.08. The van der Waals surface area contributed by atoms with Gasteiger partial charge in [0.15, 0.2) is 5.84 Å². The summed E-state index contributed by atoms with van der Waals surface area (Å²) >= 11 is 0. The van der Waals surface area contributed by atoms with Crippen LogP contribution in [0.4, 0.5) is 11.4 Å². The molecule has 3 heterocycles. The number of hydrogen-bond acceptors (Lipinski definition) is 5. The van der Waals surface area contributed by atoms with Crippen LogP contribution in [0.25, 0.3) is 0 Å². The van der Waals surface area contributed by atoms with Crippen LogP contribution in [-0.4, -0.2) is 51.2 Å². The minimum atomic E-state index is -3.66. The van der Waals surface area contributed by atoms with E-state index >= 15 is 0 Å². The van der Waals surface area contributed by atoms with Gasteiger partial charge in [-0.05, 0) is 68.5 Å². The van der Waals surface area contributed by atoms with Crippen LogP contribution in [0.3, 0.4) is 0 Å². The molecule has 2 aromatic rings. The van der Waals surface area contributed by atoms with Gasteiger partial charge in [-0.1, -0.05) is 12.1 Å². The van der Waals surface area contributed by atoms with Crippen LogP contribution in [0.1, 0.15) is 37.7 Å². The standard InChI is InChI=1S/C24H28N4O3S/c29-24(25-19-10-12-20(13-11-19)27-14-4-1-5-15-27)18-7-6-16-28(17-18)23-21-8-2-3-9-22(21)32(30,31)26-23/h2-3,8-13,18H,1,4-7,14-17H2,(H,25,29). The van der Waals surface area contributed by atoms with Crippen molar-refractivity contribution in [3.8, 4) is 0 Å². The van der Waals surface area contributed by atoms with Crippen molar-refractivity contribution in [2.75, 3.05) is 36.4 Å². The quantitative estimate of drug-likeness (QED) is 0.771. The summed E-state index contributed by atoms with van der Waals surface area (Å²) in [5.41, 5.74) is 2.62. The number of amides is 1. The van der Waals surface area contributed by atoms with Crippen molar-refractivity contribution in [1.82, 2.24) is 4.90 Å². The summed E-state index contributed by atoms with van der Waals surface area (Å²) in [6.07, 6.45) is 5.34. The number of piperidine rings is 2. The molecule has 8 heteroatoms. The second-order valence-electron chi connectivity index (χ2n) is 8.76. The maximum absolute atomic E-state index is 13.0. The Labute approximate surface area is 189 Å². The molecule has 0 radical (unpaired) electrons. The fourth-order valence-electron chi connectivity index (χ4n) is 4.85. The van der Waals surface area contributed by atoms with Crippen molar-refractivity contribution in [3.63, 3.8) is 0 Å². The molecular weight excluding hydrogens is 424 g/mol. The third-order valence-corrected chi connectivity index (χ3v) is 7.89. The summed E-state index contributed by atoms with van der Waals surface area (Å²) in [6.45, 7) is 3.33. The first kappa shape index (κ1) is 21.0. The molecule has 3 aliphatic rings. The molecule has 0 saturated carbocycles. The molecule has 168 valence electrons. The van der Waals surface area contributed by atoms with Gasteiger partial charge in [0.25, 0.3) is 10.0 Å². The van der Waals surface area contributed by atoms with E-state index in [1.54, 1.807) is 18.2 Å². The monoisotopic (exact) mass is 452 g/mol. The summed E-state index contributed by atoms with van der Waals surface area (Å²) < 4.78 is 28.8. The summed E-state index contributed by atoms with van der Waals surface area (Å²) in [7, 11) is -3.66. The molecule has 32 heavy (non-hydrogen) atoms. The lowest BCUT2D eigenvalue weighted by Gasteiger charge is -2.33. The zero-order valence-electron chi connectivity index (χ0n) is 18.0. The van der Waals surface area contributed by atoms with E-state index in [1.807, 2.05) is 23.1 Å². The Bertz CT molecular complexity index is 1140. The van der Waals surface area contributed by atoms with Crippen molar-refractivity contribution >= 4 is 33.1 Å². The first-order valence-corrected chi connectivity index (χ1v) is 12.8. The Balaban J connectivity index is 1.25. The molecule has 0 aromatic heterocycles. The Morgan fingerprint density at radius 2 is 1.62 bits per heavy atom. The number of nitrogens with zero attached hydrogens (tertiary/aromatic N) is 3. The number of likely N-dealkylation sites (tertiary alicyclic amines) is 1. The number of carbonyl (C=O) groups is 1. The molecule has 1 atom stereocenters. The predicted molar refractivity (Wildman–Crippen MR) is 126 cm³/mol. The highest BCUT2D eigenvalue weighted by molar-refractivity contribution is 7.90. The fraction of sp³-hybridized carbons (Fsp3) is 0.417. The third kappa shape index (κ3) is 4.11. The molecule has 5 rings (SSSR count). The molecule has 3 aliphatic heterocycles. The van der Waals surface area contributed by atoms with E-state index in [4.69, 9.17) is 0 Å². The SMILES string of the molecule is O=C(Nc1ccc(N2CCCCC2)cc1)C1CCCN(C2=NS(=O)(=O)c3ccccc32)C1. The van der Waals surface area contributed by atoms with Crippen LogP contribution in [0.5, 0.6) is 0 Å². The Kier molecular flexibility index (Phi) is 5.63. The smallest absolute Gasteiger partial charge is 0.285 e. The van der Waals surface area contributed by atoms with Crippen molar-refractivity contribution < 1.29 is 13.2 Å². The molecule has 2 fully saturated rings. The molecule has 0 bridgehead atoms. The number of rotatable bonds is 3. The highest BCUT2D eigenvalue weighted by Crippen LogP contribution is 2.30. The van der Waals surface area contributed by atoms with Gasteiger partial charge < -0.3 is 15.1 Å². The van der Waals surface area contributed by atoms with Gasteiger partial charge in [0.2, 0.25) is 5.91 Å². The predicted octanol–water partition coefficient (Wildman–Crippen LogP) is 3.48. The summed E-state index contributed by atoms with van der Waals surface area (Å²) in [6, 6.07) is 15.0. The van der Waals surface area contributed by atoms with E-state index in [2.05, 4.69) is 26.7 Å². The molecule has 2 saturated heterocycles. The normalized spacial score (nSPS) is 22.2. The van der Waals surface area contributed by atoms with E-state index < -0.39 is 10.0 Å². The van der Waals surface area contributed by atoms with E-state index in [9.17, 15) is 13.2 Å². The summed E-state index contributed by atoms with van der Waals surface area (Å²) in [5, 5.41) is 3.05. The van der Waals surface area contributed by atoms with Gasteiger partial charge in [0, 0.05) is 43.1 Å². The molecule has 0 aliphatic carbocycles. The van der Waals surface area contributed by atoms with E-state index in [-0.39, 0.29) is 16.7 Å². The first-order valence-electron chi connectivity index (χ1n) is 11.4. The number of carbonyl (C=O) groups excluding carboxylic acids is 1. The largest absolute Gasteiger partial charge is 0.372 e. The van der Waals surface area contributed by atoms with Gasteiger partial charge in [-0.2, -0.15) is 8.42 Å². The van der Waals surface area contributed by atoms with E-state index in [0.717, 1.165) is 31.6 Å². The minimum Gasteiger partial charge on any atom is -0.372 e. The van der Waals surface area contributed by atoms with Crippen molar-refractivity contribution in [1.29, 1.82) is 0 Å². The molecule has 1 amide bonds. The lowest BCUT2D eigenvalue weighted by molar-refractivity contribution is -0.121. The molecule has 2 aromatic carbocycles. The van der Waals surface area contributed by atoms with Crippen molar-refractivity contribution in [2.24, 2.45) is 10.3 Å². The third-order valence-electron chi connectivity index (χ3n) is 6.56. The average molecular weight is 453 g/mol. The van der Waals surface area contributed by atoms with Crippen LogP contribution in [0.2, 0.25) is 0 Å². The van der Waals surface area contributed by atoms with Crippen LogP contribution >= 0.6 is 0 Å². The van der Waals surface area contributed by atoms with Gasteiger partial charge >= 0.3 is 0 Å². The average Bonchev–Trinajstić information content (AvgIpc) is 3.11. The molecule has 7 nitrogen and oxygen atoms in total. The van der Waals surface area contributed by atoms with Crippen LogP contribution in [0.15, 0.2) is 57.8 Å².